The zero-order chi connectivity index (χ0) is 14.3. The topological polar surface area (TPSA) is 61.0 Å². The molecular weight excluding hydrogens is 345 g/mol. The Morgan fingerprint density at radius 3 is 2.80 bits per heavy atom. The molecule has 0 aliphatic rings. The Bertz CT molecular complexity index is 785. The highest BCUT2D eigenvalue weighted by molar-refractivity contribution is 9.10. The molecule has 0 aliphatic carbocycles. The number of aromatic nitrogens is 2. The normalized spacial score (nSPS) is 10.9. The van der Waals surface area contributed by atoms with E-state index in [1.54, 1.807) is 6.07 Å². The summed E-state index contributed by atoms with van der Waals surface area (Å²) in [5.41, 5.74) is 5.67. The number of hydrogen-bond acceptors (Lipinski definition) is 5. The van der Waals surface area contributed by atoms with Crippen molar-refractivity contribution in [3.05, 3.63) is 39.4 Å². The zero-order valence-corrected chi connectivity index (χ0v) is 12.8. The van der Waals surface area contributed by atoms with Crippen molar-refractivity contribution in [3.63, 3.8) is 0 Å². The van der Waals surface area contributed by atoms with E-state index in [2.05, 4.69) is 25.9 Å². The number of fused-ring (bicyclic) bond motifs is 1. The summed E-state index contributed by atoms with van der Waals surface area (Å²) < 4.78 is 19.6. The molecule has 2 aromatic heterocycles. The number of nitrogens with zero attached hydrogens (tertiary/aromatic N) is 2. The predicted molar refractivity (Wildman–Crippen MR) is 80.7 cm³/mol. The molecule has 0 atom stereocenters. The molecule has 3 aromatic rings. The quantitative estimate of drug-likeness (QED) is 0.746. The molecule has 0 radical (unpaired) electrons. The second-order valence-corrected chi connectivity index (χ2v) is 6.32. The number of nitrogen functional groups attached to an aromatic ring is 1. The van der Waals surface area contributed by atoms with E-state index in [0.717, 1.165) is 15.1 Å². The van der Waals surface area contributed by atoms with Crippen LogP contribution in [0, 0.1) is 12.7 Å². The highest BCUT2D eigenvalue weighted by Gasteiger charge is 2.12. The summed E-state index contributed by atoms with van der Waals surface area (Å²) in [7, 11) is 0. The first-order valence-electron chi connectivity index (χ1n) is 5.69. The van der Waals surface area contributed by atoms with Gasteiger partial charge in [0.1, 0.15) is 16.4 Å². The van der Waals surface area contributed by atoms with Crippen LogP contribution in [0.5, 0.6) is 11.6 Å². The summed E-state index contributed by atoms with van der Waals surface area (Å²) in [5, 5.41) is 0.766. The summed E-state index contributed by atoms with van der Waals surface area (Å²) >= 11 is 4.72. The van der Waals surface area contributed by atoms with E-state index in [1.807, 2.05) is 13.0 Å². The first kappa shape index (κ1) is 13.3. The van der Waals surface area contributed by atoms with Gasteiger partial charge in [-0.1, -0.05) is 15.9 Å². The Morgan fingerprint density at radius 2 is 2.05 bits per heavy atom. The number of rotatable bonds is 2. The van der Waals surface area contributed by atoms with Crippen LogP contribution in [-0.2, 0) is 0 Å². The number of benzene rings is 1. The number of thiophene rings is 1. The van der Waals surface area contributed by atoms with Crippen molar-refractivity contribution in [1.29, 1.82) is 0 Å². The molecule has 4 nitrogen and oxygen atoms in total. The summed E-state index contributed by atoms with van der Waals surface area (Å²) in [6, 6.07) is 6.22. The molecule has 0 unspecified atom stereocenters. The van der Waals surface area contributed by atoms with E-state index < -0.39 is 5.82 Å². The SMILES string of the molecule is Cc1cc2c(Oc3cc(F)cc(Br)c3)nc(N)nc2s1. The first-order valence-corrected chi connectivity index (χ1v) is 7.30. The van der Waals surface area contributed by atoms with E-state index >= 15 is 0 Å². The molecule has 7 heteroatoms. The maximum Gasteiger partial charge on any atom is 0.232 e. The van der Waals surface area contributed by atoms with E-state index in [9.17, 15) is 4.39 Å². The number of halogens is 2. The van der Waals surface area contributed by atoms with Crippen molar-refractivity contribution in [3.8, 4) is 11.6 Å². The van der Waals surface area contributed by atoms with Gasteiger partial charge >= 0.3 is 0 Å². The van der Waals surface area contributed by atoms with E-state index in [0.29, 0.717) is 16.1 Å². The molecule has 0 amide bonds. The third-order valence-electron chi connectivity index (χ3n) is 2.55. The van der Waals surface area contributed by atoms with Crippen molar-refractivity contribution in [2.24, 2.45) is 0 Å². The largest absolute Gasteiger partial charge is 0.438 e. The molecule has 0 aliphatic heterocycles. The van der Waals surface area contributed by atoms with Gasteiger partial charge in [-0.15, -0.1) is 11.3 Å². The van der Waals surface area contributed by atoms with Crippen molar-refractivity contribution in [1.82, 2.24) is 9.97 Å². The summed E-state index contributed by atoms with van der Waals surface area (Å²) in [5.74, 6) is 0.411. The molecule has 20 heavy (non-hydrogen) atoms. The number of ether oxygens (including phenoxy) is 1. The predicted octanol–water partition coefficient (Wildman–Crippen LogP) is 4.28. The molecule has 0 saturated heterocycles. The fourth-order valence-electron chi connectivity index (χ4n) is 1.81. The summed E-state index contributed by atoms with van der Waals surface area (Å²) in [6.45, 7) is 1.96. The molecule has 0 saturated carbocycles. The lowest BCUT2D eigenvalue weighted by molar-refractivity contribution is 0.464. The van der Waals surface area contributed by atoms with Crippen LogP contribution >= 0.6 is 27.3 Å². The molecule has 0 spiro atoms. The van der Waals surface area contributed by atoms with E-state index in [4.69, 9.17) is 10.5 Å². The Kier molecular flexibility index (Phi) is 3.31. The van der Waals surface area contributed by atoms with Crippen molar-refractivity contribution >= 4 is 43.4 Å². The number of hydrogen-bond donors (Lipinski definition) is 1. The number of aryl methyl sites for hydroxylation is 1. The van der Waals surface area contributed by atoms with Gasteiger partial charge in [-0.3, -0.25) is 0 Å². The van der Waals surface area contributed by atoms with Crippen LogP contribution in [0.25, 0.3) is 10.2 Å². The fraction of sp³-hybridized carbons (Fsp3) is 0.0769. The molecule has 3 rings (SSSR count). The van der Waals surface area contributed by atoms with Crippen molar-refractivity contribution in [2.75, 3.05) is 5.73 Å². The average Bonchev–Trinajstić information content (AvgIpc) is 2.68. The lowest BCUT2D eigenvalue weighted by Crippen LogP contribution is -1.97. The van der Waals surface area contributed by atoms with Crippen LogP contribution in [-0.4, -0.2) is 9.97 Å². The van der Waals surface area contributed by atoms with Crippen molar-refractivity contribution < 1.29 is 9.13 Å². The van der Waals surface area contributed by atoms with Gasteiger partial charge in [-0.05, 0) is 25.1 Å². The Balaban J connectivity index is 2.09. The van der Waals surface area contributed by atoms with Crippen LogP contribution < -0.4 is 10.5 Å². The highest BCUT2D eigenvalue weighted by Crippen LogP contribution is 2.34. The van der Waals surface area contributed by atoms with Crippen LogP contribution in [0.15, 0.2) is 28.7 Å². The third kappa shape index (κ3) is 2.59. The third-order valence-corrected chi connectivity index (χ3v) is 3.95. The lowest BCUT2D eigenvalue weighted by atomic mass is 10.3. The molecule has 2 N–H and O–H groups in total. The monoisotopic (exact) mass is 353 g/mol. The number of nitrogens with two attached hydrogens (primary N) is 1. The molecule has 102 valence electrons. The molecular formula is C13H9BrFN3OS. The van der Waals surface area contributed by atoms with E-state index in [1.165, 1.54) is 23.5 Å². The van der Waals surface area contributed by atoms with Gasteiger partial charge in [0.2, 0.25) is 11.8 Å². The minimum Gasteiger partial charge on any atom is -0.438 e. The van der Waals surface area contributed by atoms with Gasteiger partial charge < -0.3 is 10.5 Å². The second kappa shape index (κ2) is 4.99. The maximum atomic E-state index is 13.4. The number of anilines is 1. The highest BCUT2D eigenvalue weighted by atomic mass is 79.9. The molecule has 2 heterocycles. The first-order chi connectivity index (χ1) is 9.51. The summed E-state index contributed by atoms with van der Waals surface area (Å²) in [6.07, 6.45) is 0. The summed E-state index contributed by atoms with van der Waals surface area (Å²) in [4.78, 5) is 10.1. The van der Waals surface area contributed by atoms with Gasteiger partial charge in [-0.2, -0.15) is 4.98 Å². The standard InChI is InChI=1S/C13H9BrFN3OS/c1-6-2-10-11(17-13(16)18-12(10)20-6)19-9-4-7(14)3-8(15)5-9/h2-5H,1H3,(H2,16,17,18). The average molecular weight is 354 g/mol. The van der Waals surface area contributed by atoms with Gasteiger partial charge in [-0.25, -0.2) is 9.37 Å². The maximum absolute atomic E-state index is 13.4. The Morgan fingerprint density at radius 1 is 1.25 bits per heavy atom. The van der Waals surface area contributed by atoms with Crippen LogP contribution in [0.1, 0.15) is 4.88 Å². The van der Waals surface area contributed by atoms with Crippen LogP contribution in [0.3, 0.4) is 0 Å². The van der Waals surface area contributed by atoms with Crippen LogP contribution in [0.2, 0.25) is 0 Å². The fourth-order valence-corrected chi connectivity index (χ4v) is 3.13. The van der Waals surface area contributed by atoms with Crippen LogP contribution in [0.4, 0.5) is 10.3 Å². The van der Waals surface area contributed by atoms with Gasteiger partial charge in [0.15, 0.2) is 0 Å². The zero-order valence-electron chi connectivity index (χ0n) is 10.4. The lowest BCUT2D eigenvalue weighted by Gasteiger charge is -2.07. The van der Waals surface area contributed by atoms with Gasteiger partial charge in [0.25, 0.3) is 0 Å². The Labute approximate surface area is 126 Å². The van der Waals surface area contributed by atoms with Crippen molar-refractivity contribution in [2.45, 2.75) is 6.92 Å². The molecule has 0 bridgehead atoms. The van der Waals surface area contributed by atoms with Gasteiger partial charge in [0, 0.05) is 15.4 Å². The second-order valence-electron chi connectivity index (χ2n) is 4.17. The minimum absolute atomic E-state index is 0.129. The molecule has 0 fully saturated rings. The smallest absolute Gasteiger partial charge is 0.232 e. The molecule has 1 aromatic carbocycles. The van der Waals surface area contributed by atoms with E-state index in [-0.39, 0.29) is 5.95 Å². The minimum atomic E-state index is -0.394. The van der Waals surface area contributed by atoms with Gasteiger partial charge in [0.05, 0.1) is 5.39 Å². The Hall–Kier alpha value is -1.73.